The zero-order valence-electron chi connectivity index (χ0n) is 24.2. The van der Waals surface area contributed by atoms with Gasteiger partial charge in [0.2, 0.25) is 0 Å². The summed E-state index contributed by atoms with van der Waals surface area (Å²) in [5.74, 6) is -0.845. The minimum atomic E-state index is -1.55. The lowest BCUT2D eigenvalue weighted by Crippen LogP contribution is -2.72. The van der Waals surface area contributed by atoms with Crippen molar-refractivity contribution in [2.75, 3.05) is 4.90 Å². The van der Waals surface area contributed by atoms with Gasteiger partial charge in [0, 0.05) is 16.7 Å². The smallest absolute Gasteiger partial charge is 0.462 e. The highest BCUT2D eigenvalue weighted by molar-refractivity contribution is 6.24. The third-order valence-electron chi connectivity index (χ3n) is 7.15. The summed E-state index contributed by atoms with van der Waals surface area (Å²) in [5, 5.41) is 21.2. The van der Waals surface area contributed by atoms with Gasteiger partial charge in [0.1, 0.15) is 23.7 Å². The number of quaternary nitrogens is 1. The number of carbonyl (C=O) groups excluding carboxylic acids is 2. The van der Waals surface area contributed by atoms with Crippen LogP contribution in [0.4, 0.5) is 15.3 Å². The highest BCUT2D eigenvalue weighted by Crippen LogP contribution is 2.43. The SMILES string of the molecule is CC(C)(C)c1cc(C2=C(N)N(c3ccccc3)C(=O)[N+](Cc3ccccc3)(NC(=O)O)C2=O)cc(C(C)(C)C)c1O. The van der Waals surface area contributed by atoms with Gasteiger partial charge in [-0.15, -0.1) is 5.43 Å². The minimum Gasteiger partial charge on any atom is -0.507 e. The van der Waals surface area contributed by atoms with Gasteiger partial charge < -0.3 is 15.9 Å². The van der Waals surface area contributed by atoms with Gasteiger partial charge in [0.25, 0.3) is 0 Å². The first-order valence-electron chi connectivity index (χ1n) is 13.3. The molecule has 5 N–H and O–H groups in total. The first kappa shape index (κ1) is 29.4. The van der Waals surface area contributed by atoms with Gasteiger partial charge >= 0.3 is 18.0 Å². The lowest BCUT2D eigenvalue weighted by molar-refractivity contribution is -0.821. The molecule has 9 nitrogen and oxygen atoms in total. The van der Waals surface area contributed by atoms with Gasteiger partial charge in [-0.2, -0.15) is 0 Å². The predicted molar refractivity (Wildman–Crippen MR) is 158 cm³/mol. The Morgan fingerprint density at radius 1 is 0.878 bits per heavy atom. The topological polar surface area (TPSA) is 133 Å². The van der Waals surface area contributed by atoms with Crippen LogP contribution in [-0.2, 0) is 22.2 Å². The Balaban J connectivity index is 2.10. The summed E-state index contributed by atoms with van der Waals surface area (Å²) in [5.41, 5.74) is 10.3. The van der Waals surface area contributed by atoms with Crippen LogP contribution in [0.2, 0.25) is 0 Å². The molecule has 3 aromatic rings. The monoisotopic (exact) mass is 557 g/mol. The Labute approximate surface area is 240 Å². The molecule has 214 valence electrons. The number of rotatable bonds is 5. The number of hydrogen-bond donors (Lipinski definition) is 4. The van der Waals surface area contributed by atoms with Crippen LogP contribution in [0.25, 0.3) is 5.57 Å². The number of aromatic hydroxyl groups is 1. The van der Waals surface area contributed by atoms with Crippen LogP contribution in [0.3, 0.4) is 0 Å². The molecule has 3 aromatic carbocycles. The van der Waals surface area contributed by atoms with Crippen molar-refractivity contribution in [2.24, 2.45) is 5.73 Å². The average molecular weight is 558 g/mol. The molecule has 0 aromatic heterocycles. The predicted octanol–water partition coefficient (Wildman–Crippen LogP) is 5.98. The molecule has 1 aliphatic heterocycles. The van der Waals surface area contributed by atoms with Crippen LogP contribution in [0.15, 0.2) is 78.6 Å². The van der Waals surface area contributed by atoms with Gasteiger partial charge in [0.05, 0.1) is 5.69 Å². The molecular formula is C32H37N4O5+. The molecule has 1 atom stereocenters. The highest BCUT2D eigenvalue weighted by Gasteiger charge is 2.57. The summed E-state index contributed by atoms with van der Waals surface area (Å²) in [6, 6.07) is 19.8. The molecule has 0 aliphatic carbocycles. The number of urea groups is 1. The van der Waals surface area contributed by atoms with E-state index in [4.69, 9.17) is 5.73 Å². The van der Waals surface area contributed by atoms with Crippen molar-refractivity contribution in [1.29, 1.82) is 0 Å². The Hall–Kier alpha value is -4.63. The van der Waals surface area contributed by atoms with E-state index in [1.54, 1.807) is 72.8 Å². The van der Waals surface area contributed by atoms with E-state index in [1.165, 1.54) is 4.90 Å². The molecule has 0 radical (unpaired) electrons. The standard InChI is InChI=1S/C32H36N4O5/c1-31(2,3)23-17-21(18-24(26(23)37)32(4,5)6)25-27(33)35(22-15-11-8-12-16-22)30(41)36(28(25)38,34-29(39)40)19-20-13-9-7-10-14-20/h7-18,34H,19H2,1-6H3,(H3-,33,37,38,39,40)/p+1. The van der Waals surface area contributed by atoms with E-state index in [-0.39, 0.29) is 23.7 Å². The molecule has 1 aliphatic rings. The van der Waals surface area contributed by atoms with E-state index in [0.29, 0.717) is 27.9 Å². The van der Waals surface area contributed by atoms with Crippen molar-refractivity contribution in [2.45, 2.75) is 58.9 Å². The summed E-state index contributed by atoms with van der Waals surface area (Å²) in [6.45, 7) is 11.4. The second-order valence-electron chi connectivity index (χ2n) is 12.3. The first-order chi connectivity index (χ1) is 19.1. The summed E-state index contributed by atoms with van der Waals surface area (Å²) in [7, 11) is 0. The number of benzene rings is 3. The van der Waals surface area contributed by atoms with Gasteiger partial charge in [-0.1, -0.05) is 94.7 Å². The lowest BCUT2D eigenvalue weighted by Gasteiger charge is -2.40. The molecule has 1 unspecified atom stereocenters. The van der Waals surface area contributed by atoms with Crippen LogP contribution >= 0.6 is 0 Å². The average Bonchev–Trinajstić information content (AvgIpc) is 2.88. The van der Waals surface area contributed by atoms with E-state index in [1.807, 2.05) is 41.5 Å². The zero-order valence-corrected chi connectivity index (χ0v) is 24.2. The number of carbonyl (C=O) groups is 3. The third kappa shape index (κ3) is 5.40. The van der Waals surface area contributed by atoms with Crippen molar-refractivity contribution in [3.05, 3.63) is 101 Å². The van der Waals surface area contributed by atoms with E-state index in [0.717, 1.165) is 0 Å². The fourth-order valence-corrected chi connectivity index (χ4v) is 5.09. The highest BCUT2D eigenvalue weighted by atomic mass is 16.4. The van der Waals surface area contributed by atoms with Gasteiger partial charge in [-0.25, -0.2) is 19.3 Å². The molecule has 0 saturated heterocycles. The molecule has 9 heteroatoms. The van der Waals surface area contributed by atoms with E-state index >= 15 is 0 Å². The molecule has 0 spiro atoms. The summed E-state index contributed by atoms with van der Waals surface area (Å²) in [4.78, 5) is 42.3. The molecule has 41 heavy (non-hydrogen) atoms. The molecule has 0 bridgehead atoms. The molecular weight excluding hydrogens is 520 g/mol. The lowest BCUT2D eigenvalue weighted by atomic mass is 9.77. The number of hydrogen-bond acceptors (Lipinski definition) is 5. The van der Waals surface area contributed by atoms with Crippen LogP contribution in [-0.4, -0.2) is 32.8 Å². The van der Waals surface area contributed by atoms with Crippen LogP contribution in [0.1, 0.15) is 63.8 Å². The number of nitrogens with zero attached hydrogens (tertiary/aromatic N) is 2. The van der Waals surface area contributed by atoms with E-state index in [9.17, 15) is 24.6 Å². The number of nitrogens with two attached hydrogens (primary N) is 1. The number of para-hydroxylation sites is 1. The quantitative estimate of drug-likeness (QED) is 0.285. The van der Waals surface area contributed by atoms with Crippen LogP contribution in [0.5, 0.6) is 5.75 Å². The minimum absolute atomic E-state index is 0.0332. The first-order valence-corrected chi connectivity index (χ1v) is 13.3. The van der Waals surface area contributed by atoms with Crippen molar-refractivity contribution in [1.82, 2.24) is 5.43 Å². The molecule has 4 amide bonds. The fraction of sp³-hybridized carbons (Fsp3) is 0.281. The number of phenolic OH excluding ortho intramolecular Hbond substituents is 1. The Kier molecular flexibility index (Phi) is 7.45. The largest absolute Gasteiger partial charge is 0.507 e. The van der Waals surface area contributed by atoms with Crippen molar-refractivity contribution in [3.63, 3.8) is 0 Å². The Bertz CT molecular complexity index is 1500. The summed E-state index contributed by atoms with van der Waals surface area (Å²) >= 11 is 0. The number of imide groups is 1. The maximum absolute atomic E-state index is 14.6. The molecule has 0 fully saturated rings. The van der Waals surface area contributed by atoms with Gasteiger partial charge in [0.15, 0.2) is 0 Å². The number of nitrogens with one attached hydrogen (secondary N) is 1. The molecule has 4 rings (SSSR count). The van der Waals surface area contributed by atoms with Gasteiger partial charge in [-0.3, -0.25) is 0 Å². The second-order valence-corrected chi connectivity index (χ2v) is 12.3. The molecule has 1 heterocycles. The number of phenols is 1. The Morgan fingerprint density at radius 3 is 1.83 bits per heavy atom. The van der Waals surface area contributed by atoms with Crippen LogP contribution in [0, 0.1) is 0 Å². The van der Waals surface area contributed by atoms with Crippen molar-refractivity contribution in [3.8, 4) is 5.75 Å². The van der Waals surface area contributed by atoms with E-state index < -0.39 is 33.5 Å². The zero-order chi connectivity index (χ0) is 30.3. The summed E-state index contributed by atoms with van der Waals surface area (Å²) < 4.78 is -1.28. The normalized spacial score (nSPS) is 18.0. The maximum Gasteiger partial charge on any atom is 0.462 e. The maximum atomic E-state index is 14.6. The van der Waals surface area contributed by atoms with Crippen molar-refractivity contribution < 1.29 is 29.2 Å². The fourth-order valence-electron chi connectivity index (χ4n) is 5.09. The summed E-state index contributed by atoms with van der Waals surface area (Å²) in [6.07, 6.45) is -1.55. The van der Waals surface area contributed by atoms with Gasteiger partial charge in [-0.05, 0) is 40.7 Å². The number of anilines is 1. The third-order valence-corrected chi connectivity index (χ3v) is 7.15. The van der Waals surface area contributed by atoms with Crippen molar-refractivity contribution >= 4 is 29.3 Å². The van der Waals surface area contributed by atoms with E-state index in [2.05, 4.69) is 5.43 Å². The second kappa shape index (κ2) is 10.4. The number of amides is 4. The molecule has 0 saturated carbocycles. The van der Waals surface area contributed by atoms with Crippen LogP contribution < -0.4 is 16.1 Å². The Morgan fingerprint density at radius 2 is 1.37 bits per heavy atom. The number of carboxylic acid groups (broad SMARTS) is 1.